The number of urea groups is 1. The van der Waals surface area contributed by atoms with Crippen molar-refractivity contribution in [2.75, 3.05) is 11.9 Å². The molecule has 3 aromatic rings. The minimum atomic E-state index is -3.73. The molecule has 1 aromatic heterocycles. The molecule has 146 valence electrons. The fourth-order valence-electron chi connectivity index (χ4n) is 2.39. The summed E-state index contributed by atoms with van der Waals surface area (Å²) in [5, 5.41) is 21.4. The molecule has 0 spiro atoms. The zero-order valence-electron chi connectivity index (χ0n) is 14.3. The van der Waals surface area contributed by atoms with E-state index in [1.807, 2.05) is 0 Å². The summed E-state index contributed by atoms with van der Waals surface area (Å²) in [5.41, 5.74) is 1.35. The second-order valence-corrected chi connectivity index (χ2v) is 8.34. The molecule has 0 saturated heterocycles. The summed E-state index contributed by atoms with van der Waals surface area (Å²) < 4.78 is 23.0. The predicted molar refractivity (Wildman–Crippen MR) is 105 cm³/mol. The maximum atomic E-state index is 12.0. The van der Waals surface area contributed by atoms with Gasteiger partial charge in [-0.05, 0) is 30.2 Å². The van der Waals surface area contributed by atoms with Gasteiger partial charge in [-0.3, -0.25) is 15.4 Å². The van der Waals surface area contributed by atoms with E-state index in [-0.39, 0.29) is 10.6 Å². The van der Waals surface area contributed by atoms with Crippen molar-refractivity contribution in [3.8, 4) is 0 Å². The highest BCUT2D eigenvalue weighted by Crippen LogP contribution is 2.29. The Bertz CT molecular complexity index is 1140. The highest BCUT2D eigenvalue weighted by Gasteiger charge is 2.12. The Hall–Kier alpha value is -3.09. The molecule has 0 fully saturated rings. The van der Waals surface area contributed by atoms with E-state index in [0.29, 0.717) is 28.3 Å². The standard InChI is InChI=1S/C16H15N5O5S2/c17-28(25,26)12-4-1-10(2-5-12)7-8-18-15(22)20-16-19-13-6-3-11(21(23)24)9-14(13)27-16/h1-6,9H,7-8H2,(H2,17,25,26)(H2,18,19,20,22). The number of nitrogens with two attached hydrogens (primary N) is 1. The van der Waals surface area contributed by atoms with Crippen LogP contribution in [0.3, 0.4) is 0 Å². The van der Waals surface area contributed by atoms with E-state index < -0.39 is 21.0 Å². The van der Waals surface area contributed by atoms with Crippen molar-refractivity contribution >= 4 is 48.4 Å². The van der Waals surface area contributed by atoms with Gasteiger partial charge in [0.1, 0.15) is 0 Å². The van der Waals surface area contributed by atoms with Crippen LogP contribution in [-0.4, -0.2) is 30.9 Å². The lowest BCUT2D eigenvalue weighted by Gasteiger charge is -2.06. The average molecular weight is 421 g/mol. The number of amides is 2. The number of hydrogen-bond donors (Lipinski definition) is 3. The normalized spacial score (nSPS) is 11.3. The van der Waals surface area contributed by atoms with Crippen LogP contribution < -0.4 is 15.8 Å². The Morgan fingerprint density at radius 1 is 1.21 bits per heavy atom. The van der Waals surface area contributed by atoms with E-state index >= 15 is 0 Å². The van der Waals surface area contributed by atoms with Crippen LogP contribution >= 0.6 is 11.3 Å². The van der Waals surface area contributed by atoms with Gasteiger partial charge in [0.15, 0.2) is 5.13 Å². The molecular weight excluding hydrogens is 406 g/mol. The molecule has 12 heteroatoms. The quantitative estimate of drug-likeness (QED) is 0.409. The van der Waals surface area contributed by atoms with E-state index in [4.69, 9.17) is 5.14 Å². The average Bonchev–Trinajstić information content (AvgIpc) is 3.02. The van der Waals surface area contributed by atoms with Crippen LogP contribution in [0.15, 0.2) is 47.4 Å². The molecule has 10 nitrogen and oxygen atoms in total. The number of sulfonamides is 1. The molecule has 0 radical (unpaired) electrons. The van der Waals surface area contributed by atoms with Crippen LogP contribution in [0, 0.1) is 10.1 Å². The number of carbonyl (C=O) groups excluding carboxylic acids is 1. The number of anilines is 1. The van der Waals surface area contributed by atoms with Crippen LogP contribution in [0.25, 0.3) is 10.2 Å². The van der Waals surface area contributed by atoms with Crippen LogP contribution in [0.2, 0.25) is 0 Å². The van der Waals surface area contributed by atoms with Crippen molar-refractivity contribution in [2.45, 2.75) is 11.3 Å². The number of nitro groups is 1. The first kappa shape index (κ1) is 19.7. The molecular formula is C16H15N5O5S2. The zero-order valence-corrected chi connectivity index (χ0v) is 15.9. The highest BCUT2D eigenvalue weighted by molar-refractivity contribution is 7.89. The van der Waals surface area contributed by atoms with E-state index in [0.717, 1.165) is 16.9 Å². The number of primary sulfonamides is 1. The Balaban J connectivity index is 1.54. The van der Waals surface area contributed by atoms with Gasteiger partial charge in [0.2, 0.25) is 10.0 Å². The SMILES string of the molecule is NS(=O)(=O)c1ccc(CCNC(=O)Nc2nc3ccc([N+](=O)[O-])cc3s2)cc1. The Kier molecular flexibility index (Phi) is 5.53. The molecule has 0 bridgehead atoms. The molecule has 2 amide bonds. The second kappa shape index (κ2) is 7.88. The lowest BCUT2D eigenvalue weighted by atomic mass is 10.1. The van der Waals surface area contributed by atoms with Crippen LogP contribution in [0.5, 0.6) is 0 Å². The van der Waals surface area contributed by atoms with Gasteiger partial charge >= 0.3 is 6.03 Å². The second-order valence-electron chi connectivity index (χ2n) is 5.75. The number of thiazole rings is 1. The number of hydrogen-bond acceptors (Lipinski definition) is 7. The Morgan fingerprint density at radius 2 is 1.93 bits per heavy atom. The highest BCUT2D eigenvalue weighted by atomic mass is 32.2. The van der Waals surface area contributed by atoms with Gasteiger partial charge in [-0.25, -0.2) is 23.3 Å². The van der Waals surface area contributed by atoms with Crippen LogP contribution in [-0.2, 0) is 16.4 Å². The van der Waals surface area contributed by atoms with E-state index in [1.165, 1.54) is 30.3 Å². The van der Waals surface area contributed by atoms with Crippen molar-refractivity contribution in [3.05, 3.63) is 58.1 Å². The number of benzene rings is 2. The number of carbonyl (C=O) groups is 1. The lowest BCUT2D eigenvalue weighted by molar-refractivity contribution is -0.384. The van der Waals surface area contributed by atoms with Gasteiger partial charge in [0.05, 0.1) is 20.0 Å². The maximum Gasteiger partial charge on any atom is 0.321 e. The summed E-state index contributed by atoms with van der Waals surface area (Å²) in [6.07, 6.45) is 0.490. The number of nitro benzene ring substituents is 1. The fourth-order valence-corrected chi connectivity index (χ4v) is 3.80. The minimum Gasteiger partial charge on any atom is -0.337 e. The van der Waals surface area contributed by atoms with Gasteiger partial charge in [0.25, 0.3) is 5.69 Å². The van der Waals surface area contributed by atoms with Crippen molar-refractivity contribution in [2.24, 2.45) is 5.14 Å². The molecule has 0 aliphatic rings. The van der Waals surface area contributed by atoms with Gasteiger partial charge in [0, 0.05) is 18.7 Å². The molecule has 0 unspecified atom stereocenters. The maximum absolute atomic E-state index is 12.0. The molecule has 0 aliphatic carbocycles. The number of rotatable bonds is 6. The van der Waals surface area contributed by atoms with Crippen LogP contribution in [0.1, 0.15) is 5.56 Å². The van der Waals surface area contributed by atoms with Crippen molar-refractivity contribution in [1.29, 1.82) is 0 Å². The van der Waals surface area contributed by atoms with Gasteiger partial charge in [-0.2, -0.15) is 0 Å². The fraction of sp³-hybridized carbons (Fsp3) is 0.125. The summed E-state index contributed by atoms with van der Waals surface area (Å²) in [7, 11) is -3.73. The topological polar surface area (TPSA) is 157 Å². The number of fused-ring (bicyclic) bond motifs is 1. The Morgan fingerprint density at radius 3 is 2.57 bits per heavy atom. The van der Waals surface area contributed by atoms with Gasteiger partial charge in [-0.1, -0.05) is 23.5 Å². The largest absolute Gasteiger partial charge is 0.337 e. The third-order valence-corrected chi connectivity index (χ3v) is 5.62. The smallest absolute Gasteiger partial charge is 0.321 e. The molecule has 0 saturated carbocycles. The van der Waals surface area contributed by atoms with Gasteiger partial charge < -0.3 is 5.32 Å². The molecule has 0 atom stereocenters. The van der Waals surface area contributed by atoms with Crippen molar-refractivity contribution < 1.29 is 18.1 Å². The first-order valence-electron chi connectivity index (χ1n) is 7.94. The summed E-state index contributed by atoms with van der Waals surface area (Å²) in [4.78, 5) is 26.5. The minimum absolute atomic E-state index is 0.0259. The third-order valence-electron chi connectivity index (χ3n) is 3.75. The van der Waals surface area contributed by atoms with Crippen molar-refractivity contribution in [1.82, 2.24) is 10.3 Å². The van der Waals surface area contributed by atoms with E-state index in [2.05, 4.69) is 15.6 Å². The predicted octanol–water partition coefficient (Wildman–Crippen LogP) is 2.22. The van der Waals surface area contributed by atoms with Crippen LogP contribution in [0.4, 0.5) is 15.6 Å². The summed E-state index contributed by atoms with van der Waals surface area (Å²) in [5.74, 6) is 0. The third kappa shape index (κ3) is 4.79. The first-order valence-corrected chi connectivity index (χ1v) is 10.3. The van der Waals surface area contributed by atoms with E-state index in [9.17, 15) is 23.3 Å². The van der Waals surface area contributed by atoms with Crippen molar-refractivity contribution in [3.63, 3.8) is 0 Å². The zero-order chi connectivity index (χ0) is 20.3. The lowest BCUT2D eigenvalue weighted by Crippen LogP contribution is -2.30. The first-order chi connectivity index (χ1) is 13.2. The van der Waals surface area contributed by atoms with Gasteiger partial charge in [-0.15, -0.1) is 0 Å². The molecule has 28 heavy (non-hydrogen) atoms. The molecule has 1 heterocycles. The molecule has 0 aliphatic heterocycles. The number of non-ortho nitro benzene ring substituents is 1. The number of aromatic nitrogens is 1. The Labute approximate surface area is 163 Å². The summed E-state index contributed by atoms with van der Waals surface area (Å²) >= 11 is 1.13. The summed E-state index contributed by atoms with van der Waals surface area (Å²) in [6.45, 7) is 0.316. The summed E-state index contributed by atoms with van der Waals surface area (Å²) in [6, 6.07) is 9.89. The van der Waals surface area contributed by atoms with E-state index in [1.54, 1.807) is 12.1 Å². The molecule has 3 rings (SSSR count). The molecule has 2 aromatic carbocycles. The molecule has 4 N–H and O–H groups in total. The number of nitrogens with one attached hydrogen (secondary N) is 2. The number of nitrogens with zero attached hydrogens (tertiary/aromatic N) is 2. The monoisotopic (exact) mass is 421 g/mol.